The van der Waals surface area contributed by atoms with Crippen LogP contribution in [-0.2, 0) is 25.7 Å². The molecule has 33 heavy (non-hydrogen) atoms. The van der Waals surface area contributed by atoms with Crippen LogP contribution < -0.4 is 10.1 Å². The minimum absolute atomic E-state index is 0.0969. The average Bonchev–Trinajstić information content (AvgIpc) is 2.82. The summed E-state index contributed by atoms with van der Waals surface area (Å²) in [7, 11) is 0. The van der Waals surface area contributed by atoms with Gasteiger partial charge in [0.2, 0.25) is 5.76 Å². The second-order valence-electron chi connectivity index (χ2n) is 6.95. The molecular formula is C26H24FNO5. The first-order chi connectivity index (χ1) is 16.0. The second kappa shape index (κ2) is 11.5. The standard InChI is InChI=1S/C26H24FNO5/c1-3-31-26(30)25(33-18(2)29)24(28-22-13-11-21(27)12-14-22)20-9-15-23(16-10-20)32-17-19-7-5-4-6-8-19/h4-16,28H,3,17H2,1-2H3. The normalized spacial score (nSPS) is 11.2. The molecule has 170 valence electrons. The van der Waals surface area contributed by atoms with Crippen LogP contribution >= 0.6 is 0 Å². The van der Waals surface area contributed by atoms with Gasteiger partial charge in [-0.2, -0.15) is 0 Å². The van der Waals surface area contributed by atoms with Crippen molar-refractivity contribution in [2.45, 2.75) is 20.5 Å². The molecule has 0 bridgehead atoms. The van der Waals surface area contributed by atoms with Gasteiger partial charge >= 0.3 is 11.9 Å². The average molecular weight is 449 g/mol. The van der Waals surface area contributed by atoms with Crippen molar-refractivity contribution < 1.29 is 28.2 Å². The lowest BCUT2D eigenvalue weighted by Crippen LogP contribution is -2.18. The Morgan fingerprint density at radius 1 is 0.909 bits per heavy atom. The Balaban J connectivity index is 1.93. The molecule has 6 nitrogen and oxygen atoms in total. The molecule has 0 unspecified atom stereocenters. The Morgan fingerprint density at radius 3 is 2.18 bits per heavy atom. The summed E-state index contributed by atoms with van der Waals surface area (Å²) in [5.74, 6) is -1.57. The summed E-state index contributed by atoms with van der Waals surface area (Å²) < 4.78 is 29.5. The zero-order valence-electron chi connectivity index (χ0n) is 18.3. The van der Waals surface area contributed by atoms with Gasteiger partial charge in [-0.15, -0.1) is 0 Å². The number of hydrogen-bond acceptors (Lipinski definition) is 6. The largest absolute Gasteiger partial charge is 0.489 e. The van der Waals surface area contributed by atoms with E-state index in [1.54, 1.807) is 31.2 Å². The van der Waals surface area contributed by atoms with Crippen LogP contribution in [0.1, 0.15) is 25.0 Å². The van der Waals surface area contributed by atoms with Gasteiger partial charge < -0.3 is 19.5 Å². The Morgan fingerprint density at radius 2 is 1.58 bits per heavy atom. The van der Waals surface area contributed by atoms with Crippen LogP contribution in [-0.4, -0.2) is 18.5 Å². The zero-order valence-corrected chi connectivity index (χ0v) is 18.3. The van der Waals surface area contributed by atoms with Gasteiger partial charge in [-0.25, -0.2) is 9.18 Å². The van der Waals surface area contributed by atoms with E-state index >= 15 is 0 Å². The Kier molecular flexibility index (Phi) is 8.18. The van der Waals surface area contributed by atoms with Crippen molar-refractivity contribution in [2.24, 2.45) is 0 Å². The van der Waals surface area contributed by atoms with Gasteiger partial charge in [0.1, 0.15) is 18.2 Å². The number of esters is 2. The van der Waals surface area contributed by atoms with Crippen molar-refractivity contribution in [1.82, 2.24) is 0 Å². The van der Waals surface area contributed by atoms with Crippen LogP contribution in [0.15, 0.2) is 84.6 Å². The number of hydrogen-bond donors (Lipinski definition) is 1. The molecule has 0 aliphatic carbocycles. The number of halogens is 1. The Bertz CT molecular complexity index is 1110. The molecule has 3 rings (SSSR count). The zero-order chi connectivity index (χ0) is 23.6. The molecule has 0 atom stereocenters. The van der Waals surface area contributed by atoms with E-state index in [4.69, 9.17) is 14.2 Å². The van der Waals surface area contributed by atoms with Crippen LogP contribution in [0.2, 0.25) is 0 Å². The number of benzene rings is 3. The van der Waals surface area contributed by atoms with E-state index in [1.807, 2.05) is 30.3 Å². The molecule has 0 fully saturated rings. The van der Waals surface area contributed by atoms with Gasteiger partial charge in [0.15, 0.2) is 0 Å². The molecule has 3 aromatic rings. The fourth-order valence-electron chi connectivity index (χ4n) is 2.93. The fourth-order valence-corrected chi connectivity index (χ4v) is 2.93. The molecule has 0 amide bonds. The molecule has 0 aromatic heterocycles. The fraction of sp³-hybridized carbons (Fsp3) is 0.154. The Labute approximate surface area is 191 Å². The second-order valence-corrected chi connectivity index (χ2v) is 6.95. The van der Waals surface area contributed by atoms with Crippen molar-refractivity contribution in [3.05, 3.63) is 102 Å². The number of carbonyl (C=O) groups excluding carboxylic acids is 2. The van der Waals surface area contributed by atoms with E-state index < -0.39 is 17.8 Å². The van der Waals surface area contributed by atoms with E-state index in [1.165, 1.54) is 31.2 Å². The molecule has 3 aromatic carbocycles. The molecule has 0 heterocycles. The van der Waals surface area contributed by atoms with E-state index in [0.717, 1.165) is 5.56 Å². The van der Waals surface area contributed by atoms with E-state index in [2.05, 4.69) is 5.32 Å². The summed E-state index contributed by atoms with van der Waals surface area (Å²) in [6.45, 7) is 3.34. The van der Waals surface area contributed by atoms with Gasteiger partial charge in [-0.05, 0) is 61.0 Å². The number of carbonyl (C=O) groups is 2. The number of rotatable bonds is 9. The first kappa shape index (κ1) is 23.5. The van der Waals surface area contributed by atoms with E-state index in [0.29, 0.717) is 23.6 Å². The van der Waals surface area contributed by atoms with Gasteiger partial charge in [0.25, 0.3) is 0 Å². The highest BCUT2D eigenvalue weighted by Gasteiger charge is 2.23. The van der Waals surface area contributed by atoms with Gasteiger partial charge in [0, 0.05) is 18.2 Å². The van der Waals surface area contributed by atoms with Crippen LogP contribution in [0.4, 0.5) is 10.1 Å². The molecule has 0 radical (unpaired) electrons. The molecular weight excluding hydrogens is 425 g/mol. The highest BCUT2D eigenvalue weighted by Crippen LogP contribution is 2.26. The maximum Gasteiger partial charge on any atom is 0.376 e. The highest BCUT2D eigenvalue weighted by atomic mass is 19.1. The van der Waals surface area contributed by atoms with Crippen molar-refractivity contribution in [3.63, 3.8) is 0 Å². The van der Waals surface area contributed by atoms with Crippen LogP contribution in [0.25, 0.3) is 5.70 Å². The van der Waals surface area contributed by atoms with Crippen molar-refractivity contribution in [3.8, 4) is 5.75 Å². The predicted octanol–water partition coefficient (Wildman–Crippen LogP) is 5.31. The molecule has 0 saturated carbocycles. The Hall–Kier alpha value is -4.13. The minimum atomic E-state index is -0.804. The summed E-state index contributed by atoms with van der Waals surface area (Å²) in [4.78, 5) is 24.3. The molecule has 0 saturated heterocycles. The third-order valence-electron chi connectivity index (χ3n) is 4.44. The lowest BCUT2D eigenvalue weighted by atomic mass is 10.1. The summed E-state index contributed by atoms with van der Waals surface area (Å²) >= 11 is 0. The van der Waals surface area contributed by atoms with Crippen LogP contribution in [0, 0.1) is 5.82 Å². The molecule has 7 heteroatoms. The summed E-state index contributed by atoms with van der Waals surface area (Å²) in [5.41, 5.74) is 2.25. The van der Waals surface area contributed by atoms with Crippen molar-refractivity contribution in [1.29, 1.82) is 0 Å². The monoisotopic (exact) mass is 449 g/mol. The van der Waals surface area contributed by atoms with Crippen molar-refractivity contribution in [2.75, 3.05) is 11.9 Å². The molecule has 0 aliphatic rings. The van der Waals surface area contributed by atoms with E-state index in [9.17, 15) is 14.0 Å². The minimum Gasteiger partial charge on any atom is -0.489 e. The first-order valence-electron chi connectivity index (χ1n) is 10.4. The lowest BCUT2D eigenvalue weighted by molar-refractivity contribution is -0.149. The summed E-state index contributed by atoms with van der Waals surface area (Å²) in [6, 6.07) is 22.2. The molecule has 0 aliphatic heterocycles. The molecule has 1 N–H and O–H groups in total. The maximum absolute atomic E-state index is 13.3. The van der Waals surface area contributed by atoms with Gasteiger partial charge in [-0.3, -0.25) is 4.79 Å². The lowest BCUT2D eigenvalue weighted by Gasteiger charge is -2.17. The van der Waals surface area contributed by atoms with E-state index in [-0.39, 0.29) is 18.1 Å². The summed E-state index contributed by atoms with van der Waals surface area (Å²) in [5, 5.41) is 3.04. The maximum atomic E-state index is 13.3. The summed E-state index contributed by atoms with van der Waals surface area (Å²) in [6.07, 6.45) is 0. The number of nitrogens with one attached hydrogen (secondary N) is 1. The third-order valence-corrected chi connectivity index (χ3v) is 4.44. The molecule has 0 spiro atoms. The van der Waals surface area contributed by atoms with Crippen molar-refractivity contribution >= 4 is 23.3 Å². The smallest absolute Gasteiger partial charge is 0.376 e. The number of anilines is 1. The SMILES string of the molecule is CCOC(=O)C(OC(C)=O)=C(Nc1ccc(F)cc1)c1ccc(OCc2ccccc2)cc1. The highest BCUT2D eigenvalue weighted by molar-refractivity contribution is 6.00. The van der Waals surface area contributed by atoms with Gasteiger partial charge in [-0.1, -0.05) is 30.3 Å². The number of ether oxygens (including phenoxy) is 3. The predicted molar refractivity (Wildman–Crippen MR) is 123 cm³/mol. The van der Waals surface area contributed by atoms with Crippen LogP contribution in [0.5, 0.6) is 5.75 Å². The quantitative estimate of drug-likeness (QED) is 0.271. The topological polar surface area (TPSA) is 73.9 Å². The first-order valence-corrected chi connectivity index (χ1v) is 10.4. The third kappa shape index (κ3) is 6.93. The van der Waals surface area contributed by atoms with Gasteiger partial charge in [0.05, 0.1) is 12.3 Å². The van der Waals surface area contributed by atoms with Crippen LogP contribution in [0.3, 0.4) is 0 Å².